The van der Waals surface area contributed by atoms with E-state index in [1.807, 2.05) is 0 Å². The Morgan fingerprint density at radius 2 is 2.19 bits per heavy atom. The third kappa shape index (κ3) is 3.20. The number of nitrogen functional groups attached to an aromatic ring is 1. The van der Waals surface area contributed by atoms with Gasteiger partial charge in [0.1, 0.15) is 10.7 Å². The number of hydrogen-bond donors (Lipinski definition) is 2. The minimum atomic E-state index is -3.90. The summed E-state index contributed by atoms with van der Waals surface area (Å²) >= 11 is 0. The van der Waals surface area contributed by atoms with Gasteiger partial charge in [0, 0.05) is 24.9 Å². The number of rotatable bonds is 5. The third-order valence-electron chi connectivity index (χ3n) is 3.85. The first-order chi connectivity index (χ1) is 9.87. The topological polar surface area (TPSA) is 83.6 Å². The van der Waals surface area contributed by atoms with E-state index in [2.05, 4.69) is 0 Å². The van der Waals surface area contributed by atoms with Crippen molar-refractivity contribution in [3.8, 4) is 0 Å². The first kappa shape index (κ1) is 16.2. The molecule has 0 bridgehead atoms. The van der Waals surface area contributed by atoms with Crippen molar-refractivity contribution in [1.29, 1.82) is 0 Å². The summed E-state index contributed by atoms with van der Waals surface area (Å²) in [5.41, 5.74) is 6.11. The van der Waals surface area contributed by atoms with Crippen LogP contribution in [0.3, 0.4) is 0 Å². The zero-order valence-corrected chi connectivity index (χ0v) is 12.9. The molecule has 2 rings (SSSR count). The zero-order valence-electron chi connectivity index (χ0n) is 12.0. The van der Waals surface area contributed by atoms with Gasteiger partial charge < -0.3 is 10.8 Å². The molecule has 1 aromatic rings. The lowest BCUT2D eigenvalue weighted by atomic mass is 10.1. The summed E-state index contributed by atoms with van der Waals surface area (Å²) in [5.74, 6) is -0.739. The first-order valence-electron chi connectivity index (χ1n) is 7.06. The van der Waals surface area contributed by atoms with Gasteiger partial charge in [-0.1, -0.05) is 0 Å². The summed E-state index contributed by atoms with van der Waals surface area (Å²) in [6.45, 7) is 1.90. The van der Waals surface area contributed by atoms with Crippen molar-refractivity contribution < 1.29 is 17.9 Å². The standard InChI is InChI=1S/C14H21FN2O3S/c1-10-8-11(16)9-13(14(10)15)21(19,20)17-6-2-4-12(17)5-3-7-18/h8-9,12,18H,2-7,16H2,1H3. The molecule has 5 nitrogen and oxygen atoms in total. The number of hydrogen-bond acceptors (Lipinski definition) is 4. The Morgan fingerprint density at radius 1 is 1.48 bits per heavy atom. The molecular weight excluding hydrogens is 295 g/mol. The summed E-state index contributed by atoms with van der Waals surface area (Å²) in [7, 11) is -3.90. The van der Waals surface area contributed by atoms with E-state index < -0.39 is 15.8 Å². The Morgan fingerprint density at radius 3 is 2.86 bits per heavy atom. The average molecular weight is 316 g/mol. The Hall–Kier alpha value is -1.18. The summed E-state index contributed by atoms with van der Waals surface area (Å²) < 4.78 is 41.0. The molecule has 0 spiro atoms. The van der Waals surface area contributed by atoms with Gasteiger partial charge in [0.25, 0.3) is 0 Å². The molecule has 1 fully saturated rings. The van der Waals surface area contributed by atoms with Gasteiger partial charge in [-0.05, 0) is 50.3 Å². The van der Waals surface area contributed by atoms with Crippen LogP contribution < -0.4 is 5.73 Å². The maximum atomic E-state index is 14.2. The maximum absolute atomic E-state index is 14.2. The molecule has 0 amide bonds. The van der Waals surface area contributed by atoms with E-state index in [4.69, 9.17) is 10.8 Å². The van der Waals surface area contributed by atoms with Crippen LogP contribution in [0.1, 0.15) is 31.2 Å². The van der Waals surface area contributed by atoms with Crippen LogP contribution in [-0.4, -0.2) is 37.0 Å². The first-order valence-corrected chi connectivity index (χ1v) is 8.50. The van der Waals surface area contributed by atoms with E-state index in [9.17, 15) is 12.8 Å². The summed E-state index contributed by atoms with van der Waals surface area (Å²) in [5, 5.41) is 8.91. The smallest absolute Gasteiger partial charge is 0.246 e. The monoisotopic (exact) mass is 316 g/mol. The maximum Gasteiger partial charge on any atom is 0.246 e. The number of nitrogens with zero attached hydrogens (tertiary/aromatic N) is 1. The van der Waals surface area contributed by atoms with Crippen LogP contribution in [0, 0.1) is 12.7 Å². The molecule has 21 heavy (non-hydrogen) atoms. The number of aliphatic hydroxyl groups excluding tert-OH is 1. The molecular formula is C14H21FN2O3S. The molecule has 3 N–H and O–H groups in total. The number of anilines is 1. The molecule has 1 aliphatic heterocycles. The van der Waals surface area contributed by atoms with Gasteiger partial charge in [0.2, 0.25) is 10.0 Å². The largest absolute Gasteiger partial charge is 0.399 e. The molecule has 118 valence electrons. The minimum Gasteiger partial charge on any atom is -0.399 e. The lowest BCUT2D eigenvalue weighted by Crippen LogP contribution is -2.36. The molecule has 0 aromatic heterocycles. The summed E-state index contributed by atoms with van der Waals surface area (Å²) in [4.78, 5) is -0.351. The number of aliphatic hydroxyl groups is 1. The molecule has 1 unspecified atom stereocenters. The minimum absolute atomic E-state index is 0.0240. The molecule has 1 atom stereocenters. The lowest BCUT2D eigenvalue weighted by molar-refractivity contribution is 0.264. The van der Waals surface area contributed by atoms with E-state index in [0.717, 1.165) is 12.8 Å². The van der Waals surface area contributed by atoms with E-state index in [1.54, 1.807) is 0 Å². The van der Waals surface area contributed by atoms with Crippen LogP contribution in [0.15, 0.2) is 17.0 Å². The Balaban J connectivity index is 2.38. The highest BCUT2D eigenvalue weighted by Crippen LogP contribution is 2.31. The molecule has 1 aromatic carbocycles. The second-order valence-corrected chi connectivity index (χ2v) is 7.29. The molecule has 1 saturated heterocycles. The van der Waals surface area contributed by atoms with Crippen LogP contribution in [0.2, 0.25) is 0 Å². The van der Waals surface area contributed by atoms with Gasteiger partial charge in [-0.3, -0.25) is 0 Å². The van der Waals surface area contributed by atoms with E-state index in [-0.39, 0.29) is 28.8 Å². The van der Waals surface area contributed by atoms with Crippen molar-refractivity contribution >= 4 is 15.7 Å². The number of halogens is 1. The van der Waals surface area contributed by atoms with Crippen LogP contribution in [0.4, 0.5) is 10.1 Å². The van der Waals surface area contributed by atoms with Crippen molar-refractivity contribution in [2.45, 2.75) is 43.5 Å². The van der Waals surface area contributed by atoms with Gasteiger partial charge >= 0.3 is 0 Å². The van der Waals surface area contributed by atoms with E-state index in [0.29, 0.717) is 19.4 Å². The summed E-state index contributed by atoms with van der Waals surface area (Å²) in [6.07, 6.45) is 2.61. The number of sulfonamides is 1. The highest BCUT2D eigenvalue weighted by molar-refractivity contribution is 7.89. The lowest BCUT2D eigenvalue weighted by Gasteiger charge is -2.24. The molecule has 1 aliphatic rings. The summed E-state index contributed by atoms with van der Waals surface area (Å²) in [6, 6.07) is 2.42. The second-order valence-electron chi connectivity index (χ2n) is 5.43. The number of aryl methyl sites for hydroxylation is 1. The Labute approximate surface area is 124 Å². The fourth-order valence-electron chi connectivity index (χ4n) is 2.82. The Kier molecular flexibility index (Phi) is 4.85. The van der Waals surface area contributed by atoms with Gasteiger partial charge in [-0.2, -0.15) is 4.31 Å². The van der Waals surface area contributed by atoms with Gasteiger partial charge in [-0.15, -0.1) is 0 Å². The van der Waals surface area contributed by atoms with Crippen LogP contribution in [-0.2, 0) is 10.0 Å². The molecule has 0 saturated carbocycles. The van der Waals surface area contributed by atoms with Crippen LogP contribution in [0.5, 0.6) is 0 Å². The van der Waals surface area contributed by atoms with Crippen molar-refractivity contribution in [2.24, 2.45) is 0 Å². The van der Waals surface area contributed by atoms with Gasteiger partial charge in [0.05, 0.1) is 0 Å². The van der Waals surface area contributed by atoms with E-state index in [1.165, 1.54) is 23.4 Å². The fraction of sp³-hybridized carbons (Fsp3) is 0.571. The number of benzene rings is 1. The normalized spacial score (nSPS) is 20.0. The SMILES string of the molecule is Cc1cc(N)cc(S(=O)(=O)N2CCCC2CCCO)c1F. The molecule has 1 heterocycles. The fourth-order valence-corrected chi connectivity index (χ4v) is 4.72. The molecule has 7 heteroatoms. The third-order valence-corrected chi connectivity index (χ3v) is 5.80. The van der Waals surface area contributed by atoms with Crippen molar-refractivity contribution in [3.63, 3.8) is 0 Å². The van der Waals surface area contributed by atoms with E-state index >= 15 is 0 Å². The Bertz CT molecular complexity index is 619. The number of nitrogens with two attached hydrogens (primary N) is 1. The van der Waals surface area contributed by atoms with Gasteiger partial charge in [-0.25, -0.2) is 12.8 Å². The highest BCUT2D eigenvalue weighted by atomic mass is 32.2. The van der Waals surface area contributed by atoms with Crippen LogP contribution >= 0.6 is 0 Å². The predicted octanol–water partition coefficient (Wildman–Crippen LogP) is 1.64. The zero-order chi connectivity index (χ0) is 15.6. The van der Waals surface area contributed by atoms with Crippen molar-refractivity contribution in [2.75, 3.05) is 18.9 Å². The van der Waals surface area contributed by atoms with Crippen LogP contribution in [0.25, 0.3) is 0 Å². The molecule has 0 aliphatic carbocycles. The van der Waals surface area contributed by atoms with Crippen molar-refractivity contribution in [1.82, 2.24) is 4.31 Å². The second kappa shape index (κ2) is 6.29. The average Bonchev–Trinajstić information content (AvgIpc) is 2.89. The molecule has 0 radical (unpaired) electrons. The highest BCUT2D eigenvalue weighted by Gasteiger charge is 2.36. The van der Waals surface area contributed by atoms with Gasteiger partial charge in [0.15, 0.2) is 0 Å². The van der Waals surface area contributed by atoms with Crippen molar-refractivity contribution in [3.05, 3.63) is 23.5 Å². The predicted molar refractivity (Wildman–Crippen MR) is 78.8 cm³/mol. The quantitative estimate of drug-likeness (QED) is 0.809.